The number of ether oxygens (including phenoxy) is 2. The number of methoxy groups -OCH3 is 1. The molecule has 1 amide bonds. The fourth-order valence-corrected chi connectivity index (χ4v) is 2.81. The molecule has 0 aliphatic carbocycles. The van der Waals surface area contributed by atoms with Gasteiger partial charge in [0.25, 0.3) is 5.91 Å². The predicted octanol–water partition coefficient (Wildman–Crippen LogP) is 2.66. The lowest BCUT2D eigenvalue weighted by Crippen LogP contribution is -2.36. The molecular weight excluding hydrogens is 304 g/mol. The number of alkyl halides is 2. The molecule has 0 saturated carbocycles. The number of halogens is 2. The van der Waals surface area contributed by atoms with Crippen LogP contribution in [0.15, 0.2) is 0 Å². The Kier molecular flexibility index (Phi) is 7.27. The van der Waals surface area contributed by atoms with Crippen molar-refractivity contribution in [1.82, 2.24) is 15.1 Å². The molecule has 9 heteroatoms. The average Bonchev–Trinajstić information content (AvgIpc) is 2.87. The summed E-state index contributed by atoms with van der Waals surface area (Å²) in [5, 5.41) is 6.61. The molecule has 1 rings (SSSR count). The highest BCUT2D eigenvalue weighted by atomic mass is 32.2. The molecular formula is C12H20F2N3O3S+. The number of hydrogen-bond acceptors (Lipinski definition) is 5. The van der Waals surface area contributed by atoms with Crippen LogP contribution in [0.2, 0.25) is 0 Å². The maximum Gasteiger partial charge on any atom is 0.464 e. The van der Waals surface area contributed by atoms with Crippen molar-refractivity contribution in [2.75, 3.05) is 26.8 Å². The van der Waals surface area contributed by atoms with E-state index in [9.17, 15) is 13.6 Å². The molecule has 21 heavy (non-hydrogen) atoms. The number of rotatable bonds is 9. The van der Waals surface area contributed by atoms with Gasteiger partial charge in [0.1, 0.15) is 0 Å². The lowest BCUT2D eigenvalue weighted by molar-refractivity contribution is -0.133. The molecule has 6 nitrogen and oxygen atoms in total. The monoisotopic (exact) mass is 324 g/mol. The van der Waals surface area contributed by atoms with Gasteiger partial charge in [0.05, 0.1) is 7.11 Å². The lowest BCUT2D eigenvalue weighted by Gasteiger charge is -2.20. The van der Waals surface area contributed by atoms with Gasteiger partial charge in [-0.3, -0.25) is 4.79 Å². The van der Waals surface area contributed by atoms with Crippen LogP contribution in [0.3, 0.4) is 0 Å². The molecule has 0 aliphatic rings. The Morgan fingerprint density at radius 3 is 2.29 bits per heavy atom. The van der Waals surface area contributed by atoms with Gasteiger partial charge in [0, 0.05) is 13.1 Å². The summed E-state index contributed by atoms with van der Waals surface area (Å²) in [5.41, 5.74) is 0. The first-order chi connectivity index (χ1) is 10.0. The minimum atomic E-state index is -2.72. The molecule has 1 unspecified atom stereocenters. The summed E-state index contributed by atoms with van der Waals surface area (Å²) in [6.07, 6.45) is 1.65. The average molecular weight is 324 g/mol. The fraction of sp³-hybridized carbons (Fsp3) is 0.750. The van der Waals surface area contributed by atoms with E-state index < -0.39 is 16.2 Å². The van der Waals surface area contributed by atoms with Gasteiger partial charge in [0.15, 0.2) is 17.1 Å². The highest BCUT2D eigenvalue weighted by molar-refractivity contribution is 7.34. The van der Waals surface area contributed by atoms with Crippen LogP contribution in [0.1, 0.15) is 32.4 Å². The third-order valence-corrected chi connectivity index (χ3v) is 4.16. The van der Waals surface area contributed by atoms with Crippen molar-refractivity contribution in [2.45, 2.75) is 32.4 Å². The van der Waals surface area contributed by atoms with Crippen molar-refractivity contribution >= 4 is 16.4 Å². The number of hydrogen-bond donors (Lipinski definition) is 0. The third kappa shape index (κ3) is 4.76. The molecule has 0 radical (unpaired) electrons. The second-order valence-electron chi connectivity index (χ2n) is 4.20. The van der Waals surface area contributed by atoms with Crippen molar-refractivity contribution in [2.24, 2.45) is 0 Å². The first kappa shape index (κ1) is 17.5. The highest BCUT2D eigenvalue weighted by Crippen LogP contribution is 2.48. The molecule has 0 aromatic carbocycles. The highest BCUT2D eigenvalue weighted by Gasteiger charge is 2.37. The van der Waals surface area contributed by atoms with Crippen LogP contribution in [-0.4, -0.2) is 47.8 Å². The van der Waals surface area contributed by atoms with Crippen LogP contribution >= 0.6 is 10.5 Å². The number of carbonyl (C=O) groups is 1. The molecule has 0 fully saturated rings. The number of carbonyl (C=O) groups excluding carboxylic acids is 1. The Labute approximate surface area is 125 Å². The molecule has 1 atom stereocenters. The van der Waals surface area contributed by atoms with E-state index in [1.807, 2.05) is 13.8 Å². The molecule has 0 spiro atoms. The zero-order chi connectivity index (χ0) is 15.8. The minimum absolute atomic E-state index is 0.175. The van der Waals surface area contributed by atoms with Gasteiger partial charge >= 0.3 is 16.1 Å². The van der Waals surface area contributed by atoms with E-state index in [-0.39, 0.29) is 22.9 Å². The fourth-order valence-electron chi connectivity index (χ4n) is 1.74. The van der Waals surface area contributed by atoms with Crippen LogP contribution < -0.4 is 9.47 Å². The van der Waals surface area contributed by atoms with Crippen LogP contribution in [0.4, 0.5) is 8.78 Å². The summed E-state index contributed by atoms with van der Waals surface area (Å²) in [6.45, 7) is 4.84. The molecule has 0 saturated heterocycles. The first-order valence-electron chi connectivity index (χ1n) is 6.66. The zero-order valence-corrected chi connectivity index (χ0v) is 13.2. The van der Waals surface area contributed by atoms with Gasteiger partial charge in [0.2, 0.25) is 0 Å². The molecule has 1 aromatic heterocycles. The van der Waals surface area contributed by atoms with Crippen molar-refractivity contribution < 1.29 is 23.0 Å². The zero-order valence-electron chi connectivity index (χ0n) is 12.3. The summed E-state index contributed by atoms with van der Waals surface area (Å²) in [4.78, 5) is 13.6. The van der Waals surface area contributed by atoms with Gasteiger partial charge in [-0.1, -0.05) is 24.0 Å². The normalized spacial score (nSPS) is 11.6. The predicted molar refractivity (Wildman–Crippen MR) is 75.0 cm³/mol. The van der Waals surface area contributed by atoms with E-state index in [0.717, 1.165) is 12.8 Å². The largest absolute Gasteiger partial charge is 0.464 e. The molecule has 0 aliphatic heterocycles. The lowest BCUT2D eigenvalue weighted by atomic mass is 10.3. The summed E-state index contributed by atoms with van der Waals surface area (Å²) in [7, 11) is -0.495. The van der Waals surface area contributed by atoms with E-state index in [2.05, 4.69) is 10.2 Å². The Bertz CT molecular complexity index is 451. The van der Waals surface area contributed by atoms with E-state index in [4.69, 9.17) is 9.47 Å². The molecule has 1 aromatic rings. The maximum atomic E-state index is 12.9. The van der Waals surface area contributed by atoms with Crippen molar-refractivity contribution in [3.05, 3.63) is 0 Å². The smallest absolute Gasteiger partial charge is 0.440 e. The van der Waals surface area contributed by atoms with Crippen LogP contribution in [0.5, 0.6) is 10.4 Å². The Hall–Kier alpha value is -1.51. The number of nitrogens with zero attached hydrogens (tertiary/aromatic N) is 3. The molecule has 0 bridgehead atoms. The van der Waals surface area contributed by atoms with Gasteiger partial charge in [-0.2, -0.15) is 8.78 Å². The maximum absolute atomic E-state index is 12.9. The van der Waals surface area contributed by atoms with Crippen LogP contribution in [0, 0.1) is 0 Å². The summed E-state index contributed by atoms with van der Waals surface area (Å²) in [6, 6.07) is 0. The quantitative estimate of drug-likeness (QED) is 0.653. The summed E-state index contributed by atoms with van der Waals surface area (Å²) >= 11 is 0. The Morgan fingerprint density at radius 2 is 1.81 bits per heavy atom. The van der Waals surface area contributed by atoms with E-state index in [1.54, 1.807) is 4.90 Å². The van der Waals surface area contributed by atoms with Crippen molar-refractivity contribution in [1.29, 1.82) is 0 Å². The van der Waals surface area contributed by atoms with Gasteiger partial charge < -0.3 is 14.4 Å². The van der Waals surface area contributed by atoms with Crippen molar-refractivity contribution in [3.8, 4) is 10.4 Å². The topological polar surface area (TPSA) is 64.6 Å². The SMILES string of the molecule is CCCN(CCC)C(=O)COc1nnc(OC)[s+]1C(F)F. The van der Waals surface area contributed by atoms with E-state index in [0.29, 0.717) is 13.1 Å². The number of aromatic nitrogens is 2. The van der Waals surface area contributed by atoms with Gasteiger partial charge in [-0.15, -0.1) is 0 Å². The first-order valence-corrected chi connectivity index (χ1v) is 7.95. The van der Waals surface area contributed by atoms with Crippen LogP contribution in [-0.2, 0) is 4.79 Å². The standard InChI is InChI=1S/C12H20F2N3O3S/c1-4-6-17(7-5-2)9(18)8-20-12-16-15-11(19-3)21(12)10(13)14/h10H,4-8H2,1-3H3/q+1. The Balaban J connectivity index is 2.70. The van der Waals surface area contributed by atoms with Gasteiger partial charge in [-0.05, 0) is 12.8 Å². The van der Waals surface area contributed by atoms with Crippen molar-refractivity contribution in [3.63, 3.8) is 0 Å². The third-order valence-electron chi connectivity index (χ3n) is 2.60. The summed E-state index contributed by atoms with van der Waals surface area (Å²) < 4.78 is 35.8. The molecule has 0 N–H and O–H groups in total. The second kappa shape index (κ2) is 8.71. The second-order valence-corrected chi connectivity index (χ2v) is 5.93. The molecule has 1 heterocycles. The minimum Gasteiger partial charge on any atom is -0.440 e. The van der Waals surface area contributed by atoms with E-state index >= 15 is 0 Å². The number of amides is 1. The van der Waals surface area contributed by atoms with Crippen LogP contribution in [0.25, 0.3) is 0 Å². The Morgan fingerprint density at radius 1 is 1.24 bits per heavy atom. The van der Waals surface area contributed by atoms with E-state index in [1.165, 1.54) is 7.11 Å². The molecule has 120 valence electrons. The summed E-state index contributed by atoms with van der Waals surface area (Å²) in [5.74, 6) is -2.97. The van der Waals surface area contributed by atoms with Gasteiger partial charge in [-0.25, -0.2) is 0 Å².